The Bertz CT molecular complexity index is 887. The number of thioether (sulfide) groups is 1. The number of benzene rings is 2. The molecule has 0 atom stereocenters. The molecule has 1 heterocycles. The van der Waals surface area contributed by atoms with Gasteiger partial charge in [0.15, 0.2) is 0 Å². The van der Waals surface area contributed by atoms with Crippen LogP contribution >= 0.6 is 11.8 Å². The number of nitrogens with one attached hydrogen (secondary N) is 1. The van der Waals surface area contributed by atoms with Gasteiger partial charge in [0.2, 0.25) is 11.8 Å². The Hall–Kier alpha value is -3.11. The lowest BCUT2D eigenvalue weighted by molar-refractivity contribution is -0.113. The van der Waals surface area contributed by atoms with Crippen molar-refractivity contribution in [1.82, 2.24) is 10.2 Å². The number of hydrogen-bond donors (Lipinski definition) is 1. The van der Waals surface area contributed by atoms with Gasteiger partial charge in [0.25, 0.3) is 5.22 Å². The summed E-state index contributed by atoms with van der Waals surface area (Å²) in [5.74, 6) is 0.336. The van der Waals surface area contributed by atoms with Crippen LogP contribution in [0, 0.1) is 11.3 Å². The fourth-order valence-corrected chi connectivity index (χ4v) is 2.52. The number of amides is 1. The molecule has 0 aliphatic rings. The average Bonchev–Trinajstić information content (AvgIpc) is 3.10. The first kappa shape index (κ1) is 15.8. The first-order valence-corrected chi connectivity index (χ1v) is 8.05. The summed E-state index contributed by atoms with van der Waals surface area (Å²) < 4.78 is 5.52. The maximum atomic E-state index is 12.0. The van der Waals surface area contributed by atoms with Crippen LogP contribution in [-0.4, -0.2) is 21.9 Å². The highest BCUT2D eigenvalue weighted by atomic mass is 32.2. The summed E-state index contributed by atoms with van der Waals surface area (Å²) in [6.07, 6.45) is 0. The fourth-order valence-electron chi connectivity index (χ4n) is 1.96. The van der Waals surface area contributed by atoms with Crippen LogP contribution in [0.2, 0.25) is 0 Å². The predicted octanol–water partition coefficient (Wildman–Crippen LogP) is 3.34. The fraction of sp³-hybridized carbons (Fsp3) is 0.0588. The summed E-state index contributed by atoms with van der Waals surface area (Å²) in [5, 5.41) is 19.8. The molecule has 0 aliphatic carbocycles. The summed E-state index contributed by atoms with van der Waals surface area (Å²) >= 11 is 1.16. The van der Waals surface area contributed by atoms with Crippen molar-refractivity contribution < 1.29 is 9.21 Å². The topological polar surface area (TPSA) is 91.8 Å². The molecule has 6 nitrogen and oxygen atoms in total. The molecular formula is C17H12N4O2S. The van der Waals surface area contributed by atoms with Gasteiger partial charge in [-0.2, -0.15) is 5.26 Å². The van der Waals surface area contributed by atoms with Gasteiger partial charge in [0, 0.05) is 11.3 Å². The lowest BCUT2D eigenvalue weighted by Crippen LogP contribution is -2.14. The number of carbonyl (C=O) groups is 1. The van der Waals surface area contributed by atoms with Gasteiger partial charge in [0.05, 0.1) is 17.4 Å². The highest BCUT2D eigenvalue weighted by Crippen LogP contribution is 2.23. The van der Waals surface area contributed by atoms with Gasteiger partial charge in [-0.3, -0.25) is 4.79 Å². The molecule has 0 bridgehead atoms. The molecule has 118 valence electrons. The monoisotopic (exact) mass is 336 g/mol. The zero-order valence-corrected chi connectivity index (χ0v) is 13.3. The summed E-state index contributed by atoms with van der Waals surface area (Å²) in [6.45, 7) is 0. The van der Waals surface area contributed by atoms with Crippen molar-refractivity contribution >= 4 is 23.4 Å². The molecule has 1 amide bonds. The first-order valence-electron chi connectivity index (χ1n) is 7.06. The molecule has 0 fully saturated rings. The van der Waals surface area contributed by atoms with Gasteiger partial charge in [-0.25, -0.2) is 0 Å². The van der Waals surface area contributed by atoms with E-state index in [1.165, 1.54) is 0 Å². The Morgan fingerprint density at radius 1 is 1.17 bits per heavy atom. The second kappa shape index (κ2) is 7.44. The van der Waals surface area contributed by atoms with Crippen LogP contribution in [0.15, 0.2) is 64.2 Å². The van der Waals surface area contributed by atoms with Crippen LogP contribution in [0.25, 0.3) is 11.5 Å². The molecule has 0 unspecified atom stereocenters. The minimum atomic E-state index is -0.213. The Kier molecular flexibility index (Phi) is 4.89. The van der Waals surface area contributed by atoms with Crippen molar-refractivity contribution in [1.29, 1.82) is 5.26 Å². The van der Waals surface area contributed by atoms with Crippen LogP contribution in [0.3, 0.4) is 0 Å². The van der Waals surface area contributed by atoms with E-state index in [4.69, 9.17) is 9.68 Å². The van der Waals surface area contributed by atoms with Crippen molar-refractivity contribution in [3.63, 3.8) is 0 Å². The molecule has 24 heavy (non-hydrogen) atoms. The van der Waals surface area contributed by atoms with E-state index >= 15 is 0 Å². The van der Waals surface area contributed by atoms with Crippen LogP contribution in [0.4, 0.5) is 5.69 Å². The van der Waals surface area contributed by atoms with Crippen molar-refractivity contribution in [3.05, 3.63) is 60.2 Å². The van der Waals surface area contributed by atoms with Crippen LogP contribution in [0.1, 0.15) is 5.56 Å². The summed E-state index contributed by atoms with van der Waals surface area (Å²) in [6, 6.07) is 18.2. The van der Waals surface area contributed by atoms with Crippen molar-refractivity contribution in [2.45, 2.75) is 5.22 Å². The van der Waals surface area contributed by atoms with E-state index in [2.05, 4.69) is 15.5 Å². The van der Waals surface area contributed by atoms with Gasteiger partial charge >= 0.3 is 0 Å². The summed E-state index contributed by atoms with van der Waals surface area (Å²) in [7, 11) is 0. The second-order valence-electron chi connectivity index (χ2n) is 4.77. The highest BCUT2D eigenvalue weighted by molar-refractivity contribution is 7.99. The molecule has 0 aliphatic heterocycles. The SMILES string of the molecule is N#Cc1cccc(NC(=O)CSc2nnc(-c3ccccc3)o2)c1. The van der Waals surface area contributed by atoms with E-state index in [0.29, 0.717) is 22.4 Å². The van der Waals surface area contributed by atoms with E-state index in [1.54, 1.807) is 24.3 Å². The maximum Gasteiger partial charge on any atom is 0.277 e. The maximum absolute atomic E-state index is 12.0. The quantitative estimate of drug-likeness (QED) is 0.718. The Balaban J connectivity index is 1.57. The minimum Gasteiger partial charge on any atom is -0.411 e. The standard InChI is InChI=1S/C17H12N4O2S/c18-10-12-5-4-8-14(9-12)19-15(22)11-24-17-21-20-16(23-17)13-6-2-1-3-7-13/h1-9H,11H2,(H,19,22). The Labute approximate surface area is 142 Å². The molecule has 2 aromatic carbocycles. The molecule has 0 saturated carbocycles. The number of rotatable bonds is 5. The van der Waals surface area contributed by atoms with Gasteiger partial charge < -0.3 is 9.73 Å². The summed E-state index contributed by atoms with van der Waals surface area (Å²) in [5.41, 5.74) is 1.90. The predicted molar refractivity (Wildman–Crippen MR) is 90.2 cm³/mol. The van der Waals surface area contributed by atoms with Crippen molar-refractivity contribution in [2.75, 3.05) is 11.1 Å². The molecule has 1 N–H and O–H groups in total. The van der Waals surface area contributed by atoms with Crippen molar-refractivity contribution in [3.8, 4) is 17.5 Å². The lowest BCUT2D eigenvalue weighted by atomic mass is 10.2. The number of hydrogen-bond acceptors (Lipinski definition) is 6. The van der Waals surface area contributed by atoms with Gasteiger partial charge in [-0.15, -0.1) is 10.2 Å². The van der Waals surface area contributed by atoms with Gasteiger partial charge in [0.1, 0.15) is 0 Å². The number of nitrogens with zero attached hydrogens (tertiary/aromatic N) is 3. The van der Waals surface area contributed by atoms with E-state index < -0.39 is 0 Å². The number of nitriles is 1. The normalized spacial score (nSPS) is 10.1. The zero-order chi connectivity index (χ0) is 16.8. The van der Waals surface area contributed by atoms with Crippen LogP contribution in [0.5, 0.6) is 0 Å². The van der Waals surface area contributed by atoms with Crippen LogP contribution in [-0.2, 0) is 4.79 Å². The first-order chi connectivity index (χ1) is 11.7. The third-order valence-electron chi connectivity index (χ3n) is 3.03. The minimum absolute atomic E-state index is 0.132. The second-order valence-corrected chi connectivity index (χ2v) is 5.70. The molecule has 3 aromatic rings. The third kappa shape index (κ3) is 4.00. The Morgan fingerprint density at radius 3 is 2.79 bits per heavy atom. The smallest absolute Gasteiger partial charge is 0.277 e. The van der Waals surface area contributed by atoms with E-state index in [-0.39, 0.29) is 11.7 Å². The largest absolute Gasteiger partial charge is 0.411 e. The Morgan fingerprint density at radius 2 is 2.00 bits per heavy atom. The van der Waals surface area contributed by atoms with Gasteiger partial charge in [-0.1, -0.05) is 36.0 Å². The van der Waals surface area contributed by atoms with Crippen LogP contribution < -0.4 is 5.32 Å². The van der Waals surface area contributed by atoms with E-state index in [9.17, 15) is 4.79 Å². The zero-order valence-electron chi connectivity index (χ0n) is 12.5. The molecular weight excluding hydrogens is 324 g/mol. The van der Waals surface area contributed by atoms with Gasteiger partial charge in [-0.05, 0) is 30.3 Å². The number of aromatic nitrogens is 2. The van der Waals surface area contributed by atoms with Crippen molar-refractivity contribution in [2.24, 2.45) is 0 Å². The number of carbonyl (C=O) groups excluding carboxylic acids is 1. The molecule has 0 saturated heterocycles. The van der Waals surface area contributed by atoms with E-state index in [1.807, 2.05) is 36.4 Å². The highest BCUT2D eigenvalue weighted by Gasteiger charge is 2.11. The third-order valence-corrected chi connectivity index (χ3v) is 3.85. The average molecular weight is 336 g/mol. The molecule has 1 aromatic heterocycles. The molecule has 3 rings (SSSR count). The molecule has 0 radical (unpaired) electrons. The lowest BCUT2D eigenvalue weighted by Gasteiger charge is -2.03. The van der Waals surface area contributed by atoms with E-state index in [0.717, 1.165) is 17.3 Å². The molecule has 0 spiro atoms. The number of anilines is 1. The molecule has 7 heteroatoms. The summed E-state index contributed by atoms with van der Waals surface area (Å²) in [4.78, 5) is 12.0.